The van der Waals surface area contributed by atoms with Gasteiger partial charge in [0.05, 0.1) is 47.7 Å². The van der Waals surface area contributed by atoms with Gasteiger partial charge in [0.25, 0.3) is 5.69 Å². The third-order valence-electron chi connectivity index (χ3n) is 3.52. The van der Waals surface area contributed by atoms with Crippen LogP contribution in [0.5, 0.6) is 11.5 Å². The molecule has 142 valence electrons. The Morgan fingerprint density at radius 2 is 2.07 bits per heavy atom. The summed E-state index contributed by atoms with van der Waals surface area (Å²) in [6, 6.07) is 8.92. The average molecular weight is 373 g/mol. The second-order valence-electron chi connectivity index (χ2n) is 5.39. The molecule has 0 saturated heterocycles. The van der Waals surface area contributed by atoms with Crippen LogP contribution < -0.4 is 14.9 Å². The lowest BCUT2D eigenvalue weighted by molar-refractivity contribution is -0.385. The van der Waals surface area contributed by atoms with Gasteiger partial charge in [-0.3, -0.25) is 15.5 Å². The van der Waals surface area contributed by atoms with Gasteiger partial charge in [-0.2, -0.15) is 5.10 Å². The van der Waals surface area contributed by atoms with E-state index in [4.69, 9.17) is 14.6 Å². The van der Waals surface area contributed by atoms with Gasteiger partial charge in [0.15, 0.2) is 11.5 Å². The standard InChI is InChI=1S/C18H19N3O6/c1-3-8-27-17-9-12(15(21(24)25)10-16(17)26-2)11-19-20-14-7-5-4-6-13(14)18(22)23/h4-7,9-11,20H,3,8H2,1-2H3,(H,22,23). The molecule has 0 bridgehead atoms. The number of nitrogens with zero attached hydrogens (tertiary/aromatic N) is 2. The zero-order valence-corrected chi connectivity index (χ0v) is 14.8. The summed E-state index contributed by atoms with van der Waals surface area (Å²) in [6.07, 6.45) is 1.99. The lowest BCUT2D eigenvalue weighted by atomic mass is 10.1. The summed E-state index contributed by atoms with van der Waals surface area (Å²) in [7, 11) is 1.40. The van der Waals surface area contributed by atoms with Crippen molar-refractivity contribution in [2.75, 3.05) is 19.1 Å². The molecule has 0 aliphatic heterocycles. The van der Waals surface area contributed by atoms with Gasteiger partial charge in [-0.25, -0.2) is 4.79 Å². The molecule has 0 unspecified atom stereocenters. The summed E-state index contributed by atoms with van der Waals surface area (Å²) in [5.41, 5.74) is 2.86. The fraction of sp³-hybridized carbons (Fsp3) is 0.222. The van der Waals surface area contributed by atoms with Gasteiger partial charge >= 0.3 is 5.97 Å². The maximum atomic E-state index is 11.3. The third kappa shape index (κ3) is 4.94. The average Bonchev–Trinajstić information content (AvgIpc) is 2.66. The number of ether oxygens (including phenoxy) is 2. The van der Waals surface area contributed by atoms with Gasteiger partial charge < -0.3 is 14.6 Å². The third-order valence-corrected chi connectivity index (χ3v) is 3.52. The van der Waals surface area contributed by atoms with Gasteiger partial charge in [-0.1, -0.05) is 19.1 Å². The molecule has 0 spiro atoms. The normalized spacial score (nSPS) is 10.6. The van der Waals surface area contributed by atoms with Crippen LogP contribution >= 0.6 is 0 Å². The number of carbonyl (C=O) groups is 1. The molecule has 0 aliphatic rings. The Balaban J connectivity index is 2.34. The van der Waals surface area contributed by atoms with Crippen LogP contribution in [0.2, 0.25) is 0 Å². The highest BCUT2D eigenvalue weighted by atomic mass is 16.6. The molecule has 2 N–H and O–H groups in total. The molecule has 27 heavy (non-hydrogen) atoms. The molecule has 0 fully saturated rings. The lowest BCUT2D eigenvalue weighted by Gasteiger charge is -2.11. The highest BCUT2D eigenvalue weighted by Gasteiger charge is 2.19. The summed E-state index contributed by atoms with van der Waals surface area (Å²) in [6.45, 7) is 2.36. The number of anilines is 1. The van der Waals surface area contributed by atoms with Crippen molar-refractivity contribution in [2.45, 2.75) is 13.3 Å². The van der Waals surface area contributed by atoms with Crippen LogP contribution in [0.1, 0.15) is 29.3 Å². The van der Waals surface area contributed by atoms with E-state index >= 15 is 0 Å². The number of nitro benzene ring substituents is 1. The molecule has 0 amide bonds. The molecule has 2 aromatic rings. The van der Waals surface area contributed by atoms with E-state index in [-0.39, 0.29) is 28.3 Å². The summed E-state index contributed by atoms with van der Waals surface area (Å²) < 4.78 is 10.7. The number of hydrazone groups is 1. The molecule has 0 atom stereocenters. The van der Waals surface area contributed by atoms with Gasteiger partial charge in [0.1, 0.15) is 0 Å². The molecule has 0 aliphatic carbocycles. The Bertz CT molecular complexity index is 866. The van der Waals surface area contributed by atoms with E-state index < -0.39 is 10.9 Å². The van der Waals surface area contributed by atoms with Crippen molar-refractivity contribution in [2.24, 2.45) is 5.10 Å². The van der Waals surface area contributed by atoms with Crippen LogP contribution in [0, 0.1) is 10.1 Å². The number of nitro groups is 1. The van der Waals surface area contributed by atoms with E-state index in [2.05, 4.69) is 10.5 Å². The smallest absolute Gasteiger partial charge is 0.337 e. The van der Waals surface area contributed by atoms with E-state index in [0.29, 0.717) is 12.4 Å². The minimum absolute atomic E-state index is 0.0332. The molecule has 0 radical (unpaired) electrons. The first-order valence-corrected chi connectivity index (χ1v) is 8.08. The Hall–Kier alpha value is -3.62. The number of hydrogen-bond acceptors (Lipinski definition) is 7. The van der Waals surface area contributed by atoms with E-state index in [1.165, 1.54) is 31.5 Å². The minimum Gasteiger partial charge on any atom is -0.493 e. The Labute approximate surface area is 155 Å². The van der Waals surface area contributed by atoms with Crippen LogP contribution in [0.4, 0.5) is 11.4 Å². The van der Waals surface area contributed by atoms with Crippen molar-refractivity contribution < 1.29 is 24.3 Å². The second kappa shape index (κ2) is 9.18. The van der Waals surface area contributed by atoms with Gasteiger partial charge in [0, 0.05) is 0 Å². The van der Waals surface area contributed by atoms with Crippen LogP contribution in [0.25, 0.3) is 0 Å². The van der Waals surface area contributed by atoms with E-state index in [9.17, 15) is 14.9 Å². The van der Waals surface area contributed by atoms with Gasteiger partial charge in [-0.05, 0) is 24.6 Å². The SMILES string of the molecule is CCCOc1cc(C=NNc2ccccc2C(=O)O)c([N+](=O)[O-])cc1OC. The Morgan fingerprint density at radius 3 is 2.70 bits per heavy atom. The van der Waals surface area contributed by atoms with Crippen molar-refractivity contribution in [3.05, 3.63) is 57.6 Å². The van der Waals surface area contributed by atoms with Crippen molar-refractivity contribution in [3.8, 4) is 11.5 Å². The number of aromatic carboxylic acids is 1. The van der Waals surface area contributed by atoms with Crippen molar-refractivity contribution >= 4 is 23.6 Å². The number of methoxy groups -OCH3 is 1. The van der Waals surface area contributed by atoms with Crippen LogP contribution in [-0.4, -0.2) is 35.9 Å². The maximum Gasteiger partial charge on any atom is 0.337 e. The maximum absolute atomic E-state index is 11.3. The van der Waals surface area contributed by atoms with Crippen LogP contribution in [-0.2, 0) is 0 Å². The van der Waals surface area contributed by atoms with Gasteiger partial charge in [0.2, 0.25) is 0 Å². The Morgan fingerprint density at radius 1 is 1.33 bits per heavy atom. The number of carboxylic acids is 1. The first-order valence-electron chi connectivity index (χ1n) is 8.08. The number of benzene rings is 2. The quantitative estimate of drug-likeness (QED) is 0.391. The summed E-state index contributed by atoms with van der Waals surface area (Å²) in [4.78, 5) is 22.0. The van der Waals surface area contributed by atoms with E-state index in [0.717, 1.165) is 6.42 Å². The van der Waals surface area contributed by atoms with Gasteiger partial charge in [-0.15, -0.1) is 0 Å². The minimum atomic E-state index is -1.11. The summed E-state index contributed by atoms with van der Waals surface area (Å²) in [5, 5.41) is 24.4. The molecule has 0 heterocycles. The first kappa shape index (κ1) is 19.7. The van der Waals surface area contributed by atoms with Crippen LogP contribution in [0.15, 0.2) is 41.5 Å². The molecular weight excluding hydrogens is 354 g/mol. The zero-order valence-electron chi connectivity index (χ0n) is 14.8. The summed E-state index contributed by atoms with van der Waals surface area (Å²) >= 11 is 0. The van der Waals surface area contributed by atoms with Crippen molar-refractivity contribution in [3.63, 3.8) is 0 Å². The van der Waals surface area contributed by atoms with Crippen molar-refractivity contribution in [1.82, 2.24) is 0 Å². The zero-order chi connectivity index (χ0) is 19.8. The molecular formula is C18H19N3O6. The highest BCUT2D eigenvalue weighted by molar-refractivity contribution is 5.94. The predicted molar refractivity (Wildman–Crippen MR) is 100 cm³/mol. The molecule has 2 rings (SSSR count). The molecule has 0 aromatic heterocycles. The van der Waals surface area contributed by atoms with Crippen molar-refractivity contribution in [1.29, 1.82) is 0 Å². The topological polar surface area (TPSA) is 123 Å². The van der Waals surface area contributed by atoms with Crippen LogP contribution in [0.3, 0.4) is 0 Å². The van der Waals surface area contributed by atoms with E-state index in [1.807, 2.05) is 6.92 Å². The lowest BCUT2D eigenvalue weighted by Crippen LogP contribution is -2.04. The Kier molecular flexibility index (Phi) is 6.70. The summed E-state index contributed by atoms with van der Waals surface area (Å²) in [5.74, 6) is -0.507. The predicted octanol–water partition coefficient (Wildman–Crippen LogP) is 3.54. The molecule has 9 heteroatoms. The fourth-order valence-corrected chi connectivity index (χ4v) is 2.25. The monoisotopic (exact) mass is 373 g/mol. The molecule has 2 aromatic carbocycles. The second-order valence-corrected chi connectivity index (χ2v) is 5.39. The number of carboxylic acid groups (broad SMARTS) is 1. The first-order chi connectivity index (χ1) is 13.0. The van der Waals surface area contributed by atoms with E-state index in [1.54, 1.807) is 18.2 Å². The molecule has 9 nitrogen and oxygen atoms in total. The molecule has 0 saturated carbocycles. The number of para-hydroxylation sites is 1. The highest BCUT2D eigenvalue weighted by Crippen LogP contribution is 2.34. The fourth-order valence-electron chi connectivity index (χ4n) is 2.25. The number of hydrogen-bond donors (Lipinski definition) is 2. The number of nitrogens with one attached hydrogen (secondary N) is 1. The number of rotatable bonds is 9. The largest absolute Gasteiger partial charge is 0.493 e.